The lowest BCUT2D eigenvalue weighted by atomic mass is 9.65. The summed E-state index contributed by atoms with van der Waals surface area (Å²) in [5, 5.41) is 10.6. The van der Waals surface area contributed by atoms with Crippen molar-refractivity contribution in [1.29, 1.82) is 0 Å². The highest BCUT2D eigenvalue weighted by atomic mass is 127. The van der Waals surface area contributed by atoms with Gasteiger partial charge in [-0.3, -0.25) is 4.79 Å². The molecule has 2 rings (SSSR count). The average Bonchev–Trinajstić information content (AvgIpc) is 2.34. The van der Waals surface area contributed by atoms with Crippen molar-refractivity contribution in [2.75, 3.05) is 6.61 Å². The normalized spacial score (nSPS) is 36.0. The number of rotatable bonds is 4. The van der Waals surface area contributed by atoms with E-state index in [0.717, 1.165) is 32.1 Å². The largest absolute Gasteiger partial charge is 0.464 e. The number of alkyl halides is 1. The summed E-state index contributed by atoms with van der Waals surface area (Å²) in [6.45, 7) is 6.35. The van der Waals surface area contributed by atoms with Gasteiger partial charge in [-0.2, -0.15) is 0 Å². The number of carbonyl (C=O) groups is 1. The van der Waals surface area contributed by atoms with Crippen LogP contribution in [0.2, 0.25) is 0 Å². The number of esters is 1. The van der Waals surface area contributed by atoms with E-state index in [4.69, 9.17) is 4.74 Å². The van der Waals surface area contributed by atoms with E-state index < -0.39 is 9.02 Å². The first kappa shape index (κ1) is 16.3. The van der Waals surface area contributed by atoms with Crippen LogP contribution < -0.4 is 0 Å². The van der Waals surface area contributed by atoms with E-state index in [1.807, 2.05) is 13.8 Å². The number of ether oxygens (including phenoxy) is 1. The standard InChI is InChI=1S/C16H25IO3/c1-4-15(3,17)13(18)20-11-14(2)8-12-6-5-7-16(19,9-12)10-14/h8,19H,4-7,9-11H2,1-3H3. The first-order chi connectivity index (χ1) is 9.18. The molecule has 4 heteroatoms. The van der Waals surface area contributed by atoms with Crippen molar-refractivity contribution in [1.82, 2.24) is 0 Å². The Morgan fingerprint density at radius 1 is 1.60 bits per heavy atom. The van der Waals surface area contributed by atoms with Crippen LogP contribution in [0, 0.1) is 5.41 Å². The molecule has 3 nitrogen and oxygen atoms in total. The minimum atomic E-state index is -0.581. The monoisotopic (exact) mass is 392 g/mol. The lowest BCUT2D eigenvalue weighted by Gasteiger charge is -2.45. The minimum absolute atomic E-state index is 0.150. The molecule has 2 aliphatic rings. The fourth-order valence-corrected chi connectivity index (χ4v) is 3.59. The fraction of sp³-hybridized carbons (Fsp3) is 0.812. The number of hydrogen-bond acceptors (Lipinski definition) is 3. The van der Waals surface area contributed by atoms with Crippen molar-refractivity contribution in [3.8, 4) is 0 Å². The lowest BCUT2D eigenvalue weighted by molar-refractivity contribution is -0.149. The van der Waals surface area contributed by atoms with Gasteiger partial charge < -0.3 is 9.84 Å². The van der Waals surface area contributed by atoms with Crippen molar-refractivity contribution >= 4 is 28.6 Å². The van der Waals surface area contributed by atoms with Crippen molar-refractivity contribution in [2.24, 2.45) is 5.41 Å². The van der Waals surface area contributed by atoms with E-state index in [1.165, 1.54) is 5.57 Å². The third-order valence-electron chi connectivity index (χ3n) is 4.60. The van der Waals surface area contributed by atoms with Crippen LogP contribution in [0.5, 0.6) is 0 Å². The molecule has 1 fully saturated rings. The SMILES string of the molecule is CCC(C)(I)C(=O)OCC1(C)C=C2CCCC(O)(C2)C1. The fourth-order valence-electron chi connectivity index (χ4n) is 3.43. The summed E-state index contributed by atoms with van der Waals surface area (Å²) in [6, 6.07) is 0. The topological polar surface area (TPSA) is 46.5 Å². The van der Waals surface area contributed by atoms with Crippen molar-refractivity contribution < 1.29 is 14.6 Å². The zero-order valence-corrected chi connectivity index (χ0v) is 14.8. The average molecular weight is 392 g/mol. The summed E-state index contributed by atoms with van der Waals surface area (Å²) in [5.74, 6) is -0.150. The molecule has 3 atom stereocenters. The van der Waals surface area contributed by atoms with Gasteiger partial charge in [0.05, 0.1) is 5.60 Å². The highest BCUT2D eigenvalue weighted by Gasteiger charge is 2.43. The molecule has 0 aromatic heterocycles. The molecular formula is C16H25IO3. The van der Waals surface area contributed by atoms with Crippen LogP contribution in [0.25, 0.3) is 0 Å². The second-order valence-corrected chi connectivity index (χ2v) is 9.40. The zero-order valence-electron chi connectivity index (χ0n) is 12.7. The van der Waals surface area contributed by atoms with Crippen molar-refractivity contribution in [3.63, 3.8) is 0 Å². The molecule has 1 N–H and O–H groups in total. The summed E-state index contributed by atoms with van der Waals surface area (Å²) in [7, 11) is 0. The number of halogens is 1. The van der Waals surface area contributed by atoms with E-state index in [1.54, 1.807) is 0 Å². The Morgan fingerprint density at radius 2 is 2.30 bits per heavy atom. The van der Waals surface area contributed by atoms with Crippen LogP contribution in [0.4, 0.5) is 0 Å². The second kappa shape index (κ2) is 5.59. The molecule has 2 aliphatic carbocycles. The first-order valence-electron chi connectivity index (χ1n) is 7.47. The van der Waals surface area contributed by atoms with Gasteiger partial charge in [0.25, 0.3) is 0 Å². The molecule has 0 amide bonds. The summed E-state index contributed by atoms with van der Waals surface area (Å²) in [6.07, 6.45) is 7.51. The predicted octanol–water partition coefficient (Wildman–Crippen LogP) is 3.77. The number of hydrogen-bond donors (Lipinski definition) is 1. The Balaban J connectivity index is 2.04. The molecule has 0 saturated heterocycles. The molecule has 0 heterocycles. The summed E-state index contributed by atoms with van der Waals surface area (Å²) in [5.41, 5.74) is 0.525. The molecule has 0 spiro atoms. The zero-order chi connectivity index (χ0) is 15.0. The quantitative estimate of drug-likeness (QED) is 0.343. The van der Waals surface area contributed by atoms with Gasteiger partial charge in [-0.05, 0) is 45.4 Å². The van der Waals surface area contributed by atoms with Crippen LogP contribution in [-0.4, -0.2) is 26.7 Å². The van der Waals surface area contributed by atoms with Gasteiger partial charge in [-0.15, -0.1) is 0 Å². The van der Waals surface area contributed by atoms with Crippen LogP contribution >= 0.6 is 22.6 Å². The maximum atomic E-state index is 12.1. The van der Waals surface area contributed by atoms with E-state index in [-0.39, 0.29) is 11.4 Å². The summed E-state index contributed by atoms with van der Waals surface area (Å²) in [4.78, 5) is 12.1. The smallest absolute Gasteiger partial charge is 0.321 e. The van der Waals surface area contributed by atoms with Gasteiger partial charge in [0.15, 0.2) is 0 Å². The van der Waals surface area contributed by atoms with E-state index >= 15 is 0 Å². The van der Waals surface area contributed by atoms with E-state index in [2.05, 4.69) is 35.6 Å². The van der Waals surface area contributed by atoms with Gasteiger partial charge >= 0.3 is 5.97 Å². The number of fused-ring (bicyclic) bond motifs is 2. The summed E-state index contributed by atoms with van der Waals surface area (Å²) < 4.78 is 5.09. The van der Waals surface area contributed by atoms with Gasteiger partial charge in [-0.25, -0.2) is 0 Å². The maximum absolute atomic E-state index is 12.1. The van der Waals surface area contributed by atoms with Crippen LogP contribution in [-0.2, 0) is 9.53 Å². The summed E-state index contributed by atoms with van der Waals surface area (Å²) >= 11 is 2.15. The van der Waals surface area contributed by atoms with E-state index in [9.17, 15) is 9.90 Å². The van der Waals surface area contributed by atoms with Gasteiger partial charge in [0.2, 0.25) is 0 Å². The molecule has 114 valence electrons. The Bertz CT molecular complexity index is 429. The van der Waals surface area contributed by atoms with Gasteiger partial charge in [0.1, 0.15) is 10.0 Å². The molecule has 2 bridgehead atoms. The van der Waals surface area contributed by atoms with E-state index in [0.29, 0.717) is 13.0 Å². The first-order valence-corrected chi connectivity index (χ1v) is 8.55. The minimum Gasteiger partial charge on any atom is -0.464 e. The molecule has 0 aromatic carbocycles. The molecule has 1 saturated carbocycles. The second-order valence-electron chi connectivity index (χ2n) is 7.02. The Kier molecular flexibility index (Phi) is 4.55. The predicted molar refractivity (Wildman–Crippen MR) is 87.9 cm³/mol. The van der Waals surface area contributed by atoms with Crippen molar-refractivity contribution in [3.05, 3.63) is 11.6 Å². The third-order valence-corrected chi connectivity index (χ3v) is 5.81. The Labute approximate surface area is 135 Å². The number of carbonyl (C=O) groups excluding carboxylic acids is 1. The molecule has 20 heavy (non-hydrogen) atoms. The number of aliphatic hydroxyl groups is 1. The molecule has 0 aliphatic heterocycles. The van der Waals surface area contributed by atoms with Crippen LogP contribution in [0.3, 0.4) is 0 Å². The Hall–Kier alpha value is -0.100. The van der Waals surface area contributed by atoms with Crippen LogP contribution in [0.15, 0.2) is 11.6 Å². The molecule has 0 radical (unpaired) electrons. The highest BCUT2D eigenvalue weighted by Crippen LogP contribution is 2.47. The highest BCUT2D eigenvalue weighted by molar-refractivity contribution is 14.1. The molecular weight excluding hydrogens is 367 g/mol. The third kappa shape index (κ3) is 3.56. The van der Waals surface area contributed by atoms with Gasteiger partial charge in [0, 0.05) is 5.41 Å². The van der Waals surface area contributed by atoms with Gasteiger partial charge in [-0.1, -0.05) is 48.1 Å². The maximum Gasteiger partial charge on any atom is 0.321 e. The van der Waals surface area contributed by atoms with Crippen molar-refractivity contribution in [2.45, 2.75) is 68.3 Å². The van der Waals surface area contributed by atoms with Crippen LogP contribution in [0.1, 0.15) is 59.3 Å². The Morgan fingerprint density at radius 3 is 2.90 bits per heavy atom. The lowest BCUT2D eigenvalue weighted by Crippen LogP contribution is -2.44. The molecule has 3 unspecified atom stereocenters. The molecule has 0 aromatic rings.